The molecule has 1 saturated heterocycles. The van der Waals surface area contributed by atoms with E-state index < -0.39 is 17.8 Å². The third-order valence-corrected chi connectivity index (χ3v) is 4.68. The second-order valence-electron chi connectivity index (χ2n) is 5.91. The number of rotatable bonds is 3. The van der Waals surface area contributed by atoms with E-state index in [0.717, 1.165) is 12.8 Å². The van der Waals surface area contributed by atoms with Gasteiger partial charge in [-0.05, 0) is 19.3 Å². The molecule has 3 N–H and O–H groups in total. The van der Waals surface area contributed by atoms with E-state index in [4.69, 9.17) is 16.3 Å². The molecule has 2 fully saturated rings. The van der Waals surface area contributed by atoms with Gasteiger partial charge in [0.1, 0.15) is 11.1 Å². The molecule has 1 saturated carbocycles. The molecular weight excluding hydrogens is 324 g/mol. The van der Waals surface area contributed by atoms with Crippen LogP contribution in [0.15, 0.2) is 11.0 Å². The van der Waals surface area contributed by atoms with E-state index >= 15 is 0 Å². The third-order valence-electron chi connectivity index (χ3n) is 4.32. The minimum Gasteiger partial charge on any atom is -0.444 e. The molecule has 1 aromatic rings. The van der Waals surface area contributed by atoms with Crippen molar-refractivity contribution in [2.75, 3.05) is 18.0 Å². The molecule has 0 unspecified atom stereocenters. The molecular formula is C14H19ClN4O4. The van der Waals surface area contributed by atoms with Crippen LogP contribution in [0.5, 0.6) is 0 Å². The molecule has 126 valence electrons. The SMILES string of the molecule is O=C(N[C@H]1CCC[C@@H]1O)O[C@@H]1CCN(c2cn[nH]c(=O)c2Cl)C1. The van der Waals surface area contributed by atoms with E-state index in [-0.39, 0.29) is 17.2 Å². The molecule has 1 aliphatic heterocycles. The van der Waals surface area contributed by atoms with Gasteiger partial charge in [0, 0.05) is 13.0 Å². The molecule has 2 heterocycles. The zero-order valence-corrected chi connectivity index (χ0v) is 13.3. The number of aromatic nitrogens is 2. The smallest absolute Gasteiger partial charge is 0.407 e. The van der Waals surface area contributed by atoms with Crippen LogP contribution >= 0.6 is 11.6 Å². The number of alkyl carbamates (subject to hydrolysis) is 1. The Kier molecular flexibility index (Phi) is 4.72. The predicted octanol–water partition coefficient (Wildman–Crippen LogP) is 0.642. The first-order chi connectivity index (χ1) is 11.0. The first kappa shape index (κ1) is 16.1. The normalized spacial score (nSPS) is 27.2. The summed E-state index contributed by atoms with van der Waals surface area (Å²) in [7, 11) is 0. The number of aromatic amines is 1. The minimum absolute atomic E-state index is 0.0826. The van der Waals surface area contributed by atoms with Crippen LogP contribution in [0.4, 0.5) is 10.5 Å². The lowest BCUT2D eigenvalue weighted by atomic mass is 10.2. The minimum atomic E-state index is -0.516. The highest BCUT2D eigenvalue weighted by Crippen LogP contribution is 2.26. The Morgan fingerprint density at radius 1 is 1.48 bits per heavy atom. The number of aliphatic hydroxyl groups excluding tert-OH is 1. The molecule has 1 aliphatic carbocycles. The second kappa shape index (κ2) is 6.76. The summed E-state index contributed by atoms with van der Waals surface area (Å²) in [5.74, 6) is 0. The monoisotopic (exact) mass is 342 g/mol. The first-order valence-electron chi connectivity index (χ1n) is 7.68. The molecule has 0 spiro atoms. The summed E-state index contributed by atoms with van der Waals surface area (Å²) in [4.78, 5) is 25.3. The zero-order valence-electron chi connectivity index (χ0n) is 12.5. The van der Waals surface area contributed by atoms with E-state index in [0.29, 0.717) is 31.6 Å². The number of nitrogens with zero attached hydrogens (tertiary/aromatic N) is 2. The Bertz CT molecular complexity index is 637. The summed E-state index contributed by atoms with van der Waals surface area (Å²) in [5, 5.41) is 18.5. The van der Waals surface area contributed by atoms with Crippen LogP contribution in [0.25, 0.3) is 0 Å². The molecule has 3 atom stereocenters. The topological polar surface area (TPSA) is 108 Å². The Morgan fingerprint density at radius 2 is 2.30 bits per heavy atom. The van der Waals surface area contributed by atoms with E-state index in [1.54, 1.807) is 0 Å². The molecule has 0 aromatic carbocycles. The average Bonchev–Trinajstić information content (AvgIpc) is 3.12. The van der Waals surface area contributed by atoms with Gasteiger partial charge in [-0.25, -0.2) is 9.89 Å². The molecule has 23 heavy (non-hydrogen) atoms. The van der Waals surface area contributed by atoms with Gasteiger partial charge in [-0.3, -0.25) is 4.79 Å². The van der Waals surface area contributed by atoms with Gasteiger partial charge in [0.25, 0.3) is 5.56 Å². The van der Waals surface area contributed by atoms with Gasteiger partial charge < -0.3 is 20.1 Å². The van der Waals surface area contributed by atoms with Crippen LogP contribution in [0, 0.1) is 0 Å². The first-order valence-corrected chi connectivity index (χ1v) is 8.05. The second-order valence-corrected chi connectivity index (χ2v) is 6.29. The Morgan fingerprint density at radius 3 is 3.04 bits per heavy atom. The van der Waals surface area contributed by atoms with Crippen molar-refractivity contribution in [3.05, 3.63) is 21.6 Å². The van der Waals surface area contributed by atoms with Gasteiger partial charge >= 0.3 is 6.09 Å². The molecule has 1 amide bonds. The standard InChI is InChI=1S/C14H19ClN4O4/c15-12-10(6-16-18-13(12)21)19-5-4-8(7-19)23-14(22)17-9-2-1-3-11(9)20/h6,8-9,11,20H,1-5,7H2,(H,17,22)(H,18,21)/t8-,9+,11+/m1/s1. The van der Waals surface area contributed by atoms with Crippen molar-refractivity contribution < 1.29 is 14.6 Å². The average molecular weight is 343 g/mol. The molecule has 9 heteroatoms. The number of nitrogens with one attached hydrogen (secondary N) is 2. The van der Waals surface area contributed by atoms with E-state index in [1.807, 2.05) is 4.90 Å². The van der Waals surface area contributed by atoms with Crippen molar-refractivity contribution >= 4 is 23.4 Å². The number of ether oxygens (including phenoxy) is 1. The third kappa shape index (κ3) is 3.59. The van der Waals surface area contributed by atoms with Crippen LogP contribution in [0.2, 0.25) is 5.02 Å². The number of halogens is 1. The Balaban J connectivity index is 1.54. The fourth-order valence-corrected chi connectivity index (χ4v) is 3.29. The van der Waals surface area contributed by atoms with Gasteiger partial charge in [0.2, 0.25) is 0 Å². The zero-order chi connectivity index (χ0) is 16.4. The summed E-state index contributed by atoms with van der Waals surface area (Å²) in [6.45, 7) is 1.07. The van der Waals surface area contributed by atoms with Crippen LogP contribution in [-0.2, 0) is 4.74 Å². The van der Waals surface area contributed by atoms with Gasteiger partial charge in [-0.15, -0.1) is 0 Å². The number of hydrogen-bond donors (Lipinski definition) is 3. The summed E-state index contributed by atoms with van der Waals surface area (Å²) < 4.78 is 5.39. The number of hydrogen-bond acceptors (Lipinski definition) is 6. The van der Waals surface area contributed by atoms with Crippen LogP contribution in [0.3, 0.4) is 0 Å². The van der Waals surface area contributed by atoms with Gasteiger partial charge in [-0.2, -0.15) is 5.10 Å². The highest BCUT2D eigenvalue weighted by Gasteiger charge is 2.31. The molecule has 3 rings (SSSR count). The highest BCUT2D eigenvalue weighted by molar-refractivity contribution is 6.33. The summed E-state index contributed by atoms with van der Waals surface area (Å²) in [5.41, 5.74) is 0.0923. The fraction of sp³-hybridized carbons (Fsp3) is 0.643. The van der Waals surface area contributed by atoms with Crippen LogP contribution in [0.1, 0.15) is 25.7 Å². The molecule has 2 aliphatic rings. The number of aliphatic hydroxyl groups is 1. The Labute approximate surface area is 137 Å². The maximum atomic E-state index is 11.9. The molecule has 0 radical (unpaired) electrons. The number of carbonyl (C=O) groups is 1. The number of amides is 1. The number of carbonyl (C=O) groups excluding carboxylic acids is 1. The van der Waals surface area contributed by atoms with Crippen molar-refractivity contribution in [1.82, 2.24) is 15.5 Å². The lowest BCUT2D eigenvalue weighted by molar-refractivity contribution is 0.0916. The van der Waals surface area contributed by atoms with E-state index in [9.17, 15) is 14.7 Å². The van der Waals surface area contributed by atoms with Gasteiger partial charge in [0.15, 0.2) is 0 Å². The van der Waals surface area contributed by atoms with Crippen LogP contribution in [-0.4, -0.2) is 52.7 Å². The van der Waals surface area contributed by atoms with Crippen LogP contribution < -0.4 is 15.8 Å². The fourth-order valence-electron chi connectivity index (χ4n) is 3.08. The number of H-pyrrole nitrogens is 1. The number of anilines is 1. The lowest BCUT2D eigenvalue weighted by Crippen LogP contribution is -2.41. The highest BCUT2D eigenvalue weighted by atomic mass is 35.5. The van der Waals surface area contributed by atoms with E-state index in [1.165, 1.54) is 6.20 Å². The lowest BCUT2D eigenvalue weighted by Gasteiger charge is -2.20. The van der Waals surface area contributed by atoms with Crippen molar-refractivity contribution in [2.24, 2.45) is 0 Å². The van der Waals surface area contributed by atoms with Gasteiger partial charge in [-0.1, -0.05) is 11.6 Å². The quantitative estimate of drug-likeness (QED) is 0.744. The van der Waals surface area contributed by atoms with E-state index in [2.05, 4.69) is 15.5 Å². The summed E-state index contributed by atoms with van der Waals surface area (Å²) >= 11 is 5.98. The maximum Gasteiger partial charge on any atom is 0.407 e. The maximum absolute atomic E-state index is 11.9. The predicted molar refractivity (Wildman–Crippen MR) is 83.7 cm³/mol. The summed E-state index contributed by atoms with van der Waals surface area (Å²) in [6.07, 6.45) is 3.20. The van der Waals surface area contributed by atoms with Crippen molar-refractivity contribution in [3.8, 4) is 0 Å². The largest absolute Gasteiger partial charge is 0.444 e. The van der Waals surface area contributed by atoms with Gasteiger partial charge in [0.05, 0.1) is 30.6 Å². The van der Waals surface area contributed by atoms with Crippen molar-refractivity contribution in [1.29, 1.82) is 0 Å². The van der Waals surface area contributed by atoms with Crippen molar-refractivity contribution in [3.63, 3.8) is 0 Å². The summed E-state index contributed by atoms with van der Waals surface area (Å²) in [6, 6.07) is -0.230. The molecule has 8 nitrogen and oxygen atoms in total. The van der Waals surface area contributed by atoms with Crippen molar-refractivity contribution in [2.45, 2.75) is 43.9 Å². The molecule has 1 aromatic heterocycles. The molecule has 0 bridgehead atoms. The Hall–Kier alpha value is -1.80.